The number of ether oxygens (including phenoxy) is 4. The number of hydrogen-bond donors (Lipinski definition) is 1. The number of benzene rings is 1. The molecule has 3 aromatic rings. The lowest BCUT2D eigenvalue weighted by atomic mass is 10.1. The van der Waals surface area contributed by atoms with Crippen LogP contribution in [0.25, 0.3) is 5.69 Å². The largest absolute Gasteiger partial charge is 0.435 e. The topological polar surface area (TPSA) is 119 Å². The summed E-state index contributed by atoms with van der Waals surface area (Å²) in [4.78, 5) is 13.8. The Kier molecular flexibility index (Phi) is 9.51. The monoisotopic (exact) mass is 572 g/mol. The molecule has 0 bridgehead atoms. The normalized spacial score (nSPS) is 20.2. The van der Waals surface area contributed by atoms with E-state index in [0.717, 1.165) is 22.5 Å². The number of hydrogen-bond acceptors (Lipinski definition) is 10. The summed E-state index contributed by atoms with van der Waals surface area (Å²) in [5.74, 6) is 0.148. The highest BCUT2D eigenvalue weighted by Gasteiger charge is 2.40. The van der Waals surface area contributed by atoms with Crippen LogP contribution >= 0.6 is 11.6 Å². The third-order valence-electron chi connectivity index (χ3n) is 5.73. The molecule has 3 heterocycles. The van der Waals surface area contributed by atoms with Crippen LogP contribution in [0.4, 0.5) is 13.2 Å². The Balaban J connectivity index is 1.70. The van der Waals surface area contributed by atoms with Crippen molar-refractivity contribution in [3.63, 3.8) is 0 Å². The van der Waals surface area contributed by atoms with Gasteiger partial charge < -0.3 is 24.7 Å². The van der Waals surface area contributed by atoms with Crippen LogP contribution in [0.5, 0.6) is 0 Å². The van der Waals surface area contributed by atoms with Gasteiger partial charge in [0.15, 0.2) is 17.7 Å². The van der Waals surface area contributed by atoms with Crippen LogP contribution in [-0.2, 0) is 30.0 Å². The molecule has 212 valence electrons. The number of alkyl halides is 3. The van der Waals surface area contributed by atoms with Gasteiger partial charge in [0, 0.05) is 32.5 Å². The maximum Gasteiger partial charge on any atom is 0.435 e. The first-order valence-corrected chi connectivity index (χ1v) is 12.2. The van der Waals surface area contributed by atoms with Crippen LogP contribution in [0.1, 0.15) is 35.3 Å². The van der Waals surface area contributed by atoms with Gasteiger partial charge in [-0.1, -0.05) is 41.9 Å². The first kappa shape index (κ1) is 29.3. The molecular formula is C24H28ClF3N6O5. The molecule has 15 heteroatoms. The Hall–Kier alpha value is -2.69. The molecule has 0 spiro atoms. The molecule has 1 aliphatic heterocycles. The van der Waals surface area contributed by atoms with Crippen LogP contribution in [-0.4, -0.2) is 71.2 Å². The predicted molar refractivity (Wildman–Crippen MR) is 131 cm³/mol. The fourth-order valence-electron chi connectivity index (χ4n) is 3.94. The molecule has 3 unspecified atom stereocenters. The van der Waals surface area contributed by atoms with Gasteiger partial charge in [-0.2, -0.15) is 23.3 Å². The fraction of sp³-hybridized carbons (Fsp3) is 0.458. The fourth-order valence-corrected chi connectivity index (χ4v) is 4.09. The van der Waals surface area contributed by atoms with Gasteiger partial charge in [-0.05, 0) is 13.0 Å². The number of rotatable bonds is 10. The number of hydroxylamine groups is 2. The highest BCUT2D eigenvalue weighted by Crippen LogP contribution is 2.36. The minimum absolute atomic E-state index is 0.0211. The van der Waals surface area contributed by atoms with E-state index in [1.807, 2.05) is 30.3 Å². The summed E-state index contributed by atoms with van der Waals surface area (Å²) in [6.45, 7) is 1.32. The minimum Gasteiger partial charge on any atom is -0.359 e. The predicted octanol–water partition coefficient (Wildman–Crippen LogP) is 3.57. The number of pyridine rings is 1. The summed E-state index contributed by atoms with van der Waals surface area (Å²) in [7, 11) is 3.07. The van der Waals surface area contributed by atoms with E-state index in [1.165, 1.54) is 19.1 Å². The Morgan fingerprint density at radius 2 is 2.00 bits per heavy atom. The van der Waals surface area contributed by atoms with Crippen molar-refractivity contribution < 1.29 is 37.0 Å². The van der Waals surface area contributed by atoms with Gasteiger partial charge >= 0.3 is 6.18 Å². The van der Waals surface area contributed by atoms with Gasteiger partial charge in [-0.15, -0.1) is 0 Å². The average Bonchev–Trinajstić information content (AvgIpc) is 3.30. The molecule has 1 aromatic carbocycles. The van der Waals surface area contributed by atoms with E-state index < -0.39 is 42.3 Å². The molecule has 1 fully saturated rings. The van der Waals surface area contributed by atoms with Gasteiger partial charge in [0.1, 0.15) is 24.8 Å². The number of halogens is 4. The van der Waals surface area contributed by atoms with Crippen molar-refractivity contribution >= 4 is 11.6 Å². The molecule has 1 saturated heterocycles. The highest BCUT2D eigenvalue weighted by atomic mass is 35.5. The maximum absolute atomic E-state index is 13.9. The summed E-state index contributed by atoms with van der Waals surface area (Å²) in [6, 6.07) is 10.4. The zero-order valence-electron chi connectivity index (χ0n) is 21.3. The molecule has 39 heavy (non-hydrogen) atoms. The van der Waals surface area contributed by atoms with Gasteiger partial charge in [0.25, 0.3) is 0 Å². The third-order valence-corrected chi connectivity index (χ3v) is 5.93. The van der Waals surface area contributed by atoms with E-state index in [4.69, 9.17) is 41.1 Å². The summed E-state index contributed by atoms with van der Waals surface area (Å²) in [5.41, 5.74) is 5.16. The van der Waals surface area contributed by atoms with Gasteiger partial charge in [-0.25, -0.2) is 14.6 Å². The second-order valence-corrected chi connectivity index (χ2v) is 8.97. The first-order valence-electron chi connectivity index (χ1n) is 11.8. The summed E-state index contributed by atoms with van der Waals surface area (Å²) >= 11 is 6.03. The molecular weight excluding hydrogens is 545 g/mol. The van der Waals surface area contributed by atoms with Gasteiger partial charge in [-0.3, -0.25) is 4.84 Å². The zero-order chi connectivity index (χ0) is 28.2. The Morgan fingerprint density at radius 1 is 1.26 bits per heavy atom. The lowest BCUT2D eigenvalue weighted by molar-refractivity contribution is -0.386. The van der Waals surface area contributed by atoms with E-state index in [9.17, 15) is 13.2 Å². The average molecular weight is 573 g/mol. The van der Waals surface area contributed by atoms with Crippen molar-refractivity contribution in [2.45, 2.75) is 37.8 Å². The number of nitrogens with zero attached hydrogens (tertiary/aromatic N) is 5. The van der Waals surface area contributed by atoms with Gasteiger partial charge in [0.2, 0.25) is 6.29 Å². The van der Waals surface area contributed by atoms with Crippen molar-refractivity contribution in [2.24, 2.45) is 5.73 Å². The number of likely N-dealkylation sites (N-methyl/N-ethyl adjacent to an activating group) is 1. The second kappa shape index (κ2) is 12.7. The minimum atomic E-state index is -4.80. The Bertz CT molecular complexity index is 1230. The standard InChI is InChI=1S/C24H28ClF3N6O5/c1-14-31-22(34(32-14)17-9-16(25)11-30-21(17)24(26,27)28)20(18(10-29)37-13-35-3)38-19-12-36-23(39-33(19)2)15-7-5-4-6-8-15/h4-9,11,18-20,23H,10,12-13,29H2,1-3H3/t18-,19?,20?,23?/m0/s1. The Labute approximate surface area is 227 Å². The highest BCUT2D eigenvalue weighted by molar-refractivity contribution is 6.30. The van der Waals surface area contributed by atoms with E-state index >= 15 is 0 Å². The quantitative estimate of drug-likeness (QED) is 0.361. The van der Waals surface area contributed by atoms with E-state index in [1.54, 1.807) is 7.05 Å². The van der Waals surface area contributed by atoms with Crippen LogP contribution < -0.4 is 5.73 Å². The van der Waals surface area contributed by atoms with Crippen LogP contribution in [0.3, 0.4) is 0 Å². The number of methoxy groups -OCH3 is 1. The van der Waals surface area contributed by atoms with Crippen molar-refractivity contribution in [3.8, 4) is 5.69 Å². The van der Waals surface area contributed by atoms with Crippen LogP contribution in [0.2, 0.25) is 5.02 Å². The molecule has 0 saturated carbocycles. The van der Waals surface area contributed by atoms with E-state index in [2.05, 4.69) is 15.1 Å². The van der Waals surface area contributed by atoms with Crippen molar-refractivity contribution in [3.05, 3.63) is 70.5 Å². The zero-order valence-corrected chi connectivity index (χ0v) is 22.1. The van der Waals surface area contributed by atoms with E-state index in [0.29, 0.717) is 0 Å². The molecule has 0 aliphatic carbocycles. The molecule has 2 aromatic heterocycles. The third kappa shape index (κ3) is 6.91. The first-order chi connectivity index (χ1) is 18.6. The molecule has 4 atom stereocenters. The maximum atomic E-state index is 13.9. The number of aryl methyl sites for hydroxylation is 1. The molecule has 11 nitrogen and oxygen atoms in total. The summed E-state index contributed by atoms with van der Waals surface area (Å²) in [5, 5.41) is 5.63. The molecule has 0 radical (unpaired) electrons. The van der Waals surface area contributed by atoms with Crippen LogP contribution in [0, 0.1) is 6.92 Å². The lowest BCUT2D eigenvalue weighted by Gasteiger charge is -2.39. The summed E-state index contributed by atoms with van der Waals surface area (Å²) in [6.07, 6.45) is -7.44. The molecule has 2 N–H and O–H groups in total. The summed E-state index contributed by atoms with van der Waals surface area (Å²) < 4.78 is 65.6. The second-order valence-electron chi connectivity index (χ2n) is 8.53. The molecule has 0 amide bonds. The lowest BCUT2D eigenvalue weighted by Crippen LogP contribution is -2.47. The smallest absolute Gasteiger partial charge is 0.359 e. The molecule has 4 rings (SSSR count). The van der Waals surface area contributed by atoms with Crippen molar-refractivity contribution in [2.75, 3.05) is 34.1 Å². The number of nitrogens with two attached hydrogens (primary N) is 1. The van der Waals surface area contributed by atoms with Gasteiger partial charge in [0.05, 0.1) is 17.3 Å². The Morgan fingerprint density at radius 3 is 2.64 bits per heavy atom. The van der Waals surface area contributed by atoms with Crippen molar-refractivity contribution in [1.29, 1.82) is 0 Å². The van der Waals surface area contributed by atoms with Crippen molar-refractivity contribution in [1.82, 2.24) is 24.8 Å². The SMILES string of the molecule is COCO[C@@H](CN)C(OC1COC(c2ccccc2)ON1C)c1nc(C)nn1-c1cc(Cl)cnc1C(F)(F)F. The van der Waals surface area contributed by atoms with Crippen LogP contribution in [0.15, 0.2) is 42.6 Å². The molecule has 1 aliphatic rings. The number of aromatic nitrogens is 4. The van der Waals surface area contributed by atoms with E-state index in [-0.39, 0.29) is 36.6 Å².